The van der Waals surface area contributed by atoms with Crippen LogP contribution in [0.3, 0.4) is 0 Å². The summed E-state index contributed by atoms with van der Waals surface area (Å²) in [6.45, 7) is 5.89. The molecule has 0 saturated carbocycles. The van der Waals surface area contributed by atoms with Gasteiger partial charge < -0.3 is 14.8 Å². The summed E-state index contributed by atoms with van der Waals surface area (Å²) in [7, 11) is 2.72. The number of rotatable bonds is 6. The van der Waals surface area contributed by atoms with Crippen molar-refractivity contribution < 1.29 is 19.1 Å². The fraction of sp³-hybridized carbons (Fsp3) is 0.818. The van der Waals surface area contributed by atoms with Gasteiger partial charge in [0.05, 0.1) is 19.6 Å². The molecule has 0 bridgehead atoms. The van der Waals surface area contributed by atoms with Gasteiger partial charge in [-0.1, -0.05) is 0 Å². The first-order chi connectivity index (χ1) is 7.35. The van der Waals surface area contributed by atoms with Crippen LogP contribution in [0.2, 0.25) is 0 Å². The molecule has 0 aromatic carbocycles. The van der Waals surface area contributed by atoms with Gasteiger partial charge >= 0.3 is 11.9 Å². The largest absolute Gasteiger partial charge is 0.469 e. The summed E-state index contributed by atoms with van der Waals surface area (Å²) in [6.07, 6.45) is 0.598. The van der Waals surface area contributed by atoms with Crippen LogP contribution in [0.5, 0.6) is 0 Å². The molecule has 1 N–H and O–H groups in total. The van der Waals surface area contributed by atoms with Crippen molar-refractivity contribution in [1.29, 1.82) is 0 Å². The number of esters is 2. The smallest absolute Gasteiger partial charge is 0.322 e. The molecular weight excluding hydrogens is 210 g/mol. The Balaban J connectivity index is 3.98. The minimum atomic E-state index is -0.544. The van der Waals surface area contributed by atoms with E-state index in [9.17, 15) is 9.59 Å². The van der Waals surface area contributed by atoms with E-state index >= 15 is 0 Å². The highest BCUT2D eigenvalue weighted by atomic mass is 16.5. The fourth-order valence-corrected chi connectivity index (χ4v) is 1.24. The number of methoxy groups -OCH3 is 2. The molecule has 0 amide bonds. The van der Waals surface area contributed by atoms with Crippen LogP contribution in [0.4, 0.5) is 0 Å². The minimum Gasteiger partial charge on any atom is -0.469 e. The van der Waals surface area contributed by atoms with Crippen molar-refractivity contribution in [3.63, 3.8) is 0 Å². The first-order valence-corrected chi connectivity index (χ1v) is 5.24. The predicted molar refractivity (Wildman–Crippen MR) is 59.9 cm³/mol. The molecule has 0 spiro atoms. The molecule has 0 aromatic heterocycles. The van der Waals surface area contributed by atoms with Gasteiger partial charge in [-0.3, -0.25) is 9.59 Å². The standard InChI is InChI=1S/C11H21NO4/c1-8(9(13)15-4)12-7-6-11(2,3)10(14)16-5/h8,12H,6-7H2,1-5H3/t8-/m1/s1. The quantitative estimate of drug-likeness (QED) is 0.683. The van der Waals surface area contributed by atoms with Crippen LogP contribution in [0.25, 0.3) is 0 Å². The molecule has 0 aliphatic heterocycles. The van der Waals surface area contributed by atoms with Crippen LogP contribution in [0.15, 0.2) is 0 Å². The van der Waals surface area contributed by atoms with Gasteiger partial charge in [-0.05, 0) is 33.7 Å². The van der Waals surface area contributed by atoms with Crippen molar-refractivity contribution in [2.24, 2.45) is 5.41 Å². The number of carbonyl (C=O) groups is 2. The first-order valence-electron chi connectivity index (χ1n) is 5.24. The lowest BCUT2D eigenvalue weighted by Gasteiger charge is -2.22. The Morgan fingerprint density at radius 2 is 1.81 bits per heavy atom. The van der Waals surface area contributed by atoms with Crippen LogP contribution in [-0.4, -0.2) is 38.7 Å². The van der Waals surface area contributed by atoms with Gasteiger partial charge in [0.2, 0.25) is 0 Å². The van der Waals surface area contributed by atoms with E-state index in [0.29, 0.717) is 13.0 Å². The highest BCUT2D eigenvalue weighted by molar-refractivity contribution is 5.76. The number of hydrogen-bond donors (Lipinski definition) is 1. The van der Waals surface area contributed by atoms with E-state index in [1.54, 1.807) is 6.92 Å². The molecular formula is C11H21NO4. The second-order valence-corrected chi connectivity index (χ2v) is 4.32. The normalized spacial score (nSPS) is 13.1. The zero-order valence-corrected chi connectivity index (χ0v) is 10.6. The van der Waals surface area contributed by atoms with E-state index < -0.39 is 5.41 Å². The number of nitrogens with one attached hydrogen (secondary N) is 1. The molecule has 0 aliphatic carbocycles. The van der Waals surface area contributed by atoms with E-state index in [1.165, 1.54) is 14.2 Å². The Hall–Kier alpha value is -1.10. The second-order valence-electron chi connectivity index (χ2n) is 4.32. The lowest BCUT2D eigenvalue weighted by Crippen LogP contribution is -2.38. The fourth-order valence-electron chi connectivity index (χ4n) is 1.24. The second kappa shape index (κ2) is 6.48. The molecule has 0 rings (SSSR count). The van der Waals surface area contributed by atoms with E-state index in [4.69, 9.17) is 0 Å². The van der Waals surface area contributed by atoms with Crippen LogP contribution >= 0.6 is 0 Å². The van der Waals surface area contributed by atoms with Crippen LogP contribution in [0, 0.1) is 5.41 Å². The van der Waals surface area contributed by atoms with E-state index in [2.05, 4.69) is 14.8 Å². The zero-order chi connectivity index (χ0) is 12.8. The third-order valence-corrected chi connectivity index (χ3v) is 2.49. The molecule has 0 saturated heterocycles. The molecule has 0 aliphatic rings. The van der Waals surface area contributed by atoms with Gasteiger partial charge in [0, 0.05) is 0 Å². The molecule has 0 fully saturated rings. The highest BCUT2D eigenvalue weighted by Crippen LogP contribution is 2.21. The molecule has 5 heteroatoms. The summed E-state index contributed by atoms with van der Waals surface area (Å²) < 4.78 is 9.25. The SMILES string of the molecule is COC(=O)[C@@H](C)NCCC(C)(C)C(=O)OC. The van der Waals surface area contributed by atoms with Crippen LogP contribution in [-0.2, 0) is 19.1 Å². The monoisotopic (exact) mass is 231 g/mol. The summed E-state index contributed by atoms with van der Waals surface area (Å²) in [5.41, 5.74) is -0.544. The minimum absolute atomic E-state index is 0.250. The Morgan fingerprint density at radius 1 is 1.25 bits per heavy atom. The van der Waals surface area contributed by atoms with Gasteiger partial charge in [0.1, 0.15) is 6.04 Å². The molecule has 5 nitrogen and oxygen atoms in total. The van der Waals surface area contributed by atoms with E-state index in [0.717, 1.165) is 0 Å². The van der Waals surface area contributed by atoms with Crippen molar-refractivity contribution >= 4 is 11.9 Å². The third-order valence-electron chi connectivity index (χ3n) is 2.49. The Bertz CT molecular complexity index is 250. The molecule has 0 heterocycles. The molecule has 0 radical (unpaired) electrons. The molecule has 16 heavy (non-hydrogen) atoms. The van der Waals surface area contributed by atoms with Gasteiger partial charge in [-0.25, -0.2) is 0 Å². The van der Waals surface area contributed by atoms with Crippen molar-refractivity contribution in [2.45, 2.75) is 33.2 Å². The van der Waals surface area contributed by atoms with Crippen LogP contribution < -0.4 is 5.32 Å². The first kappa shape index (κ1) is 14.9. The summed E-state index contributed by atoms with van der Waals surface area (Å²) in [5, 5.41) is 2.99. The summed E-state index contributed by atoms with van der Waals surface area (Å²) in [5.74, 6) is -0.559. The highest BCUT2D eigenvalue weighted by Gasteiger charge is 2.28. The summed E-state index contributed by atoms with van der Waals surface area (Å²) in [6, 6.07) is -0.363. The van der Waals surface area contributed by atoms with Crippen molar-refractivity contribution in [3.8, 4) is 0 Å². The maximum Gasteiger partial charge on any atom is 0.322 e. The lowest BCUT2D eigenvalue weighted by atomic mass is 9.89. The maximum atomic E-state index is 11.4. The van der Waals surface area contributed by atoms with Gasteiger partial charge in [0.25, 0.3) is 0 Å². The average molecular weight is 231 g/mol. The topological polar surface area (TPSA) is 64.6 Å². The Morgan fingerprint density at radius 3 is 2.25 bits per heavy atom. The van der Waals surface area contributed by atoms with Crippen molar-refractivity contribution in [1.82, 2.24) is 5.32 Å². The van der Waals surface area contributed by atoms with Gasteiger partial charge in [-0.15, -0.1) is 0 Å². The number of carbonyl (C=O) groups excluding carboxylic acids is 2. The van der Waals surface area contributed by atoms with E-state index in [1.807, 2.05) is 13.8 Å². The van der Waals surface area contributed by atoms with Crippen molar-refractivity contribution in [2.75, 3.05) is 20.8 Å². The van der Waals surface area contributed by atoms with Crippen LogP contribution in [0.1, 0.15) is 27.2 Å². The zero-order valence-electron chi connectivity index (χ0n) is 10.6. The lowest BCUT2D eigenvalue weighted by molar-refractivity contribution is -0.151. The maximum absolute atomic E-state index is 11.4. The number of ether oxygens (including phenoxy) is 2. The molecule has 0 unspecified atom stereocenters. The summed E-state index contributed by atoms with van der Waals surface area (Å²) >= 11 is 0. The third kappa shape index (κ3) is 4.61. The molecule has 94 valence electrons. The molecule has 0 aromatic rings. The average Bonchev–Trinajstić information content (AvgIpc) is 2.26. The Labute approximate surface area is 96.5 Å². The predicted octanol–water partition coefficient (Wildman–Crippen LogP) is 0.727. The summed E-state index contributed by atoms with van der Waals surface area (Å²) in [4.78, 5) is 22.4. The van der Waals surface area contributed by atoms with E-state index in [-0.39, 0.29) is 18.0 Å². The molecule has 1 atom stereocenters. The van der Waals surface area contributed by atoms with Gasteiger partial charge in [0.15, 0.2) is 0 Å². The number of hydrogen-bond acceptors (Lipinski definition) is 5. The van der Waals surface area contributed by atoms with Crippen molar-refractivity contribution in [3.05, 3.63) is 0 Å². The van der Waals surface area contributed by atoms with Gasteiger partial charge in [-0.2, -0.15) is 0 Å². The Kier molecular flexibility index (Phi) is 6.03.